The number of rotatable bonds is 4. The van der Waals surface area contributed by atoms with Crippen LogP contribution in [0.3, 0.4) is 0 Å². The Bertz CT molecular complexity index is 966. The van der Waals surface area contributed by atoms with E-state index in [4.69, 9.17) is 4.74 Å². The lowest BCUT2D eigenvalue weighted by Gasteiger charge is -2.25. The average Bonchev–Trinajstić information content (AvgIpc) is 3.47. The molecule has 0 bridgehead atoms. The van der Waals surface area contributed by atoms with Gasteiger partial charge in [0.2, 0.25) is 5.65 Å². The summed E-state index contributed by atoms with van der Waals surface area (Å²) in [7, 11) is 1.66. The van der Waals surface area contributed by atoms with Crippen LogP contribution >= 0.6 is 0 Å². The van der Waals surface area contributed by atoms with Crippen LogP contribution in [0.15, 0.2) is 36.7 Å². The predicted octanol–water partition coefficient (Wildman–Crippen LogP) is 1.45. The lowest BCUT2D eigenvalue weighted by Crippen LogP contribution is -2.41. The maximum absolute atomic E-state index is 10.7. The summed E-state index contributed by atoms with van der Waals surface area (Å²) in [6, 6.07) is 10.1. The third-order valence-electron chi connectivity index (χ3n) is 5.84. The summed E-state index contributed by atoms with van der Waals surface area (Å²) >= 11 is 0. The molecule has 0 saturated carbocycles. The molecule has 28 heavy (non-hydrogen) atoms. The molecule has 2 aliphatic heterocycles. The molecular formula is C20H24N6O2. The van der Waals surface area contributed by atoms with Crippen molar-refractivity contribution in [2.45, 2.75) is 25.0 Å². The normalized spacial score (nSPS) is 23.0. The van der Waals surface area contributed by atoms with Crippen LogP contribution in [0.4, 0.5) is 5.69 Å². The highest BCUT2D eigenvalue weighted by molar-refractivity contribution is 5.75. The fourth-order valence-electron chi connectivity index (χ4n) is 4.34. The van der Waals surface area contributed by atoms with Gasteiger partial charge in [0, 0.05) is 18.7 Å². The molecule has 146 valence electrons. The van der Waals surface area contributed by atoms with Crippen molar-refractivity contribution in [2.75, 3.05) is 38.2 Å². The van der Waals surface area contributed by atoms with Crippen molar-refractivity contribution in [3.05, 3.63) is 36.7 Å². The van der Waals surface area contributed by atoms with E-state index in [1.165, 1.54) is 12.8 Å². The summed E-state index contributed by atoms with van der Waals surface area (Å²) in [5, 5.41) is 23.7. The maximum atomic E-state index is 10.7. The molecule has 0 aliphatic carbocycles. The smallest absolute Gasteiger partial charge is 0.200 e. The second-order valence-electron chi connectivity index (χ2n) is 7.53. The SMILES string of the molecule is COc1ccc(-c2cc(N3C[C@H](O)[C@@H](N4CCCC4)C3)c3nncn3n2)cc1. The van der Waals surface area contributed by atoms with Gasteiger partial charge in [-0.15, -0.1) is 10.2 Å². The molecule has 3 aromatic rings. The van der Waals surface area contributed by atoms with Crippen molar-refractivity contribution in [2.24, 2.45) is 0 Å². The van der Waals surface area contributed by atoms with Gasteiger partial charge in [0.05, 0.1) is 30.6 Å². The summed E-state index contributed by atoms with van der Waals surface area (Å²) in [6.07, 6.45) is 3.69. The number of aliphatic hydroxyl groups is 1. The fourth-order valence-corrected chi connectivity index (χ4v) is 4.34. The Morgan fingerprint density at radius 2 is 1.89 bits per heavy atom. The van der Waals surface area contributed by atoms with Crippen LogP contribution in [0.2, 0.25) is 0 Å². The number of methoxy groups -OCH3 is 1. The Hall–Kier alpha value is -2.71. The first-order valence-corrected chi connectivity index (χ1v) is 9.75. The number of hydrogen-bond acceptors (Lipinski definition) is 7. The number of nitrogens with zero attached hydrogens (tertiary/aromatic N) is 6. The minimum Gasteiger partial charge on any atom is -0.497 e. The van der Waals surface area contributed by atoms with Gasteiger partial charge in [-0.1, -0.05) is 0 Å². The van der Waals surface area contributed by atoms with Gasteiger partial charge >= 0.3 is 0 Å². The average molecular weight is 380 g/mol. The minimum absolute atomic E-state index is 0.170. The Balaban J connectivity index is 1.51. The molecule has 2 atom stereocenters. The van der Waals surface area contributed by atoms with Crippen LogP contribution in [-0.4, -0.2) is 75.3 Å². The van der Waals surface area contributed by atoms with Crippen LogP contribution in [0, 0.1) is 0 Å². The molecule has 2 aliphatic rings. The predicted molar refractivity (Wildman–Crippen MR) is 106 cm³/mol. The van der Waals surface area contributed by atoms with Crippen molar-refractivity contribution in [3.63, 3.8) is 0 Å². The van der Waals surface area contributed by atoms with E-state index < -0.39 is 0 Å². The highest BCUT2D eigenvalue weighted by Crippen LogP contribution is 2.31. The number of aromatic nitrogens is 4. The first kappa shape index (κ1) is 17.4. The summed E-state index contributed by atoms with van der Waals surface area (Å²) in [4.78, 5) is 4.63. The topological polar surface area (TPSA) is 79.0 Å². The largest absolute Gasteiger partial charge is 0.497 e. The summed E-state index contributed by atoms with van der Waals surface area (Å²) in [5.41, 5.74) is 3.50. The van der Waals surface area contributed by atoms with E-state index in [1.54, 1.807) is 18.0 Å². The van der Waals surface area contributed by atoms with Crippen LogP contribution in [0.5, 0.6) is 5.75 Å². The molecule has 0 spiro atoms. The van der Waals surface area contributed by atoms with Gasteiger partial charge in [0.1, 0.15) is 12.1 Å². The minimum atomic E-state index is -0.362. The van der Waals surface area contributed by atoms with Crippen molar-refractivity contribution < 1.29 is 9.84 Å². The molecule has 0 radical (unpaired) electrons. The van der Waals surface area contributed by atoms with Gasteiger partial charge in [-0.25, -0.2) is 0 Å². The molecule has 0 amide bonds. The van der Waals surface area contributed by atoms with Crippen molar-refractivity contribution >= 4 is 11.3 Å². The molecule has 5 rings (SSSR count). The van der Waals surface area contributed by atoms with Crippen LogP contribution < -0.4 is 9.64 Å². The molecule has 8 heteroatoms. The highest BCUT2D eigenvalue weighted by atomic mass is 16.5. The van der Waals surface area contributed by atoms with Crippen molar-refractivity contribution in [3.8, 4) is 17.0 Å². The molecule has 4 heterocycles. The third-order valence-corrected chi connectivity index (χ3v) is 5.84. The third kappa shape index (κ3) is 2.98. The second kappa shape index (κ2) is 7.03. The van der Waals surface area contributed by atoms with Gasteiger partial charge in [-0.2, -0.15) is 9.61 Å². The van der Waals surface area contributed by atoms with Crippen LogP contribution in [0.1, 0.15) is 12.8 Å². The van der Waals surface area contributed by atoms with Crippen molar-refractivity contribution in [1.29, 1.82) is 0 Å². The Kier molecular flexibility index (Phi) is 4.37. The summed E-state index contributed by atoms with van der Waals surface area (Å²) in [6.45, 7) is 3.53. The molecule has 0 unspecified atom stereocenters. The van der Waals surface area contributed by atoms with Gasteiger partial charge < -0.3 is 14.7 Å². The van der Waals surface area contributed by atoms with E-state index in [1.807, 2.05) is 30.3 Å². The van der Waals surface area contributed by atoms with E-state index in [9.17, 15) is 5.11 Å². The highest BCUT2D eigenvalue weighted by Gasteiger charge is 2.37. The zero-order valence-corrected chi connectivity index (χ0v) is 15.9. The van der Waals surface area contributed by atoms with Crippen molar-refractivity contribution in [1.82, 2.24) is 24.7 Å². The van der Waals surface area contributed by atoms with E-state index >= 15 is 0 Å². The molecular weight excluding hydrogens is 356 g/mol. The van der Waals surface area contributed by atoms with Crippen LogP contribution in [0.25, 0.3) is 16.9 Å². The number of β-amino-alcohol motifs (C(OH)–C–C–N with tert-alkyl or cyclic N) is 1. The van der Waals surface area contributed by atoms with Gasteiger partial charge in [-0.05, 0) is 56.3 Å². The molecule has 2 saturated heterocycles. The molecule has 2 fully saturated rings. The number of anilines is 1. The summed E-state index contributed by atoms with van der Waals surface area (Å²) in [5.74, 6) is 0.811. The lowest BCUT2D eigenvalue weighted by molar-refractivity contribution is 0.0986. The van der Waals surface area contributed by atoms with Gasteiger partial charge in [-0.3, -0.25) is 4.90 Å². The van der Waals surface area contributed by atoms with E-state index in [0.29, 0.717) is 12.2 Å². The number of hydrogen-bond donors (Lipinski definition) is 1. The number of fused-ring (bicyclic) bond motifs is 1. The Morgan fingerprint density at radius 1 is 1.11 bits per heavy atom. The van der Waals surface area contributed by atoms with E-state index in [2.05, 4.69) is 25.1 Å². The lowest BCUT2D eigenvalue weighted by atomic mass is 10.1. The summed E-state index contributed by atoms with van der Waals surface area (Å²) < 4.78 is 6.97. The number of ether oxygens (including phenoxy) is 1. The maximum Gasteiger partial charge on any atom is 0.200 e. The fraction of sp³-hybridized carbons (Fsp3) is 0.450. The number of aliphatic hydroxyl groups excluding tert-OH is 1. The zero-order chi connectivity index (χ0) is 19.1. The Morgan fingerprint density at radius 3 is 2.64 bits per heavy atom. The Labute approximate surface area is 163 Å². The number of likely N-dealkylation sites (tertiary alicyclic amines) is 1. The van der Waals surface area contributed by atoms with Gasteiger partial charge in [0.25, 0.3) is 0 Å². The molecule has 2 aromatic heterocycles. The van der Waals surface area contributed by atoms with E-state index in [-0.39, 0.29) is 12.1 Å². The van der Waals surface area contributed by atoms with Gasteiger partial charge in [0.15, 0.2) is 0 Å². The second-order valence-corrected chi connectivity index (χ2v) is 7.53. The number of benzene rings is 1. The molecule has 8 nitrogen and oxygen atoms in total. The standard InChI is InChI=1S/C20H24N6O2/c1-28-15-6-4-14(5-7-15)16-10-17(20-22-21-13-26(20)23-16)25-11-18(19(27)12-25)24-8-2-3-9-24/h4-7,10,13,18-19,27H,2-3,8-9,11-12H2,1H3/t18-,19-/m0/s1. The first-order chi connectivity index (χ1) is 13.7. The quantitative estimate of drug-likeness (QED) is 0.734. The molecule has 1 aromatic carbocycles. The first-order valence-electron chi connectivity index (χ1n) is 9.75. The van der Waals surface area contributed by atoms with Crippen LogP contribution in [-0.2, 0) is 0 Å². The van der Waals surface area contributed by atoms with E-state index in [0.717, 1.165) is 42.3 Å². The monoisotopic (exact) mass is 380 g/mol. The molecule has 1 N–H and O–H groups in total. The zero-order valence-electron chi connectivity index (χ0n) is 15.9.